The summed E-state index contributed by atoms with van der Waals surface area (Å²) in [4.78, 5) is 3.69. The van der Waals surface area contributed by atoms with Crippen LogP contribution in [0.25, 0.3) is 5.00 Å². The van der Waals surface area contributed by atoms with Crippen molar-refractivity contribution in [1.82, 2.24) is 20.2 Å². The van der Waals surface area contributed by atoms with Gasteiger partial charge in [-0.05, 0) is 24.8 Å². The molecule has 2 aliphatic heterocycles. The van der Waals surface area contributed by atoms with Crippen LogP contribution < -0.4 is 10.3 Å². The smallest absolute Gasteiger partial charge is 0.241 e. The van der Waals surface area contributed by atoms with E-state index in [1.54, 1.807) is 23.5 Å². The second kappa shape index (κ2) is 6.47. The van der Waals surface area contributed by atoms with Gasteiger partial charge in [0.05, 0.1) is 0 Å². The molecular weight excluding hydrogens is 384 g/mol. The van der Waals surface area contributed by atoms with E-state index in [9.17, 15) is 0 Å². The zero-order chi connectivity index (χ0) is 17.7. The minimum absolute atomic E-state index is 0.0179. The number of aromatic nitrogens is 3. The largest absolute Gasteiger partial charge is 0.280 e. The third-order valence-corrected chi connectivity index (χ3v) is 7.82. The van der Waals surface area contributed by atoms with Crippen LogP contribution in [0.15, 0.2) is 35.6 Å². The summed E-state index contributed by atoms with van der Waals surface area (Å²) in [6.07, 6.45) is 7.38. The Balaban J connectivity index is 1.66. The molecule has 0 aromatic carbocycles. The van der Waals surface area contributed by atoms with Gasteiger partial charge in [0, 0.05) is 21.9 Å². The molecule has 0 amide bonds. The lowest BCUT2D eigenvalue weighted by Crippen LogP contribution is -2.38. The average Bonchev–Trinajstić information content (AvgIpc) is 3.38. The fourth-order valence-corrected chi connectivity index (χ4v) is 6.51. The molecule has 1 atom stereocenters. The molecule has 26 heavy (non-hydrogen) atoms. The standard InChI is InChI=1S/C17H18N6S3/c1-3-8-24-16-20-18-13-12-10-6-5-7-11(10)26-14(12)23-15(22(13)16)19-21-17(23)25-9-4-2/h3-4,13,18H,1-2,5-9H2. The maximum absolute atomic E-state index is 4.60. The van der Waals surface area contributed by atoms with E-state index in [1.807, 2.05) is 23.5 Å². The van der Waals surface area contributed by atoms with Gasteiger partial charge in [-0.1, -0.05) is 35.7 Å². The van der Waals surface area contributed by atoms with Crippen molar-refractivity contribution in [2.75, 3.05) is 16.4 Å². The number of amidine groups is 1. The van der Waals surface area contributed by atoms with Crippen LogP contribution in [0.4, 0.5) is 5.95 Å². The Hall–Kier alpha value is -1.71. The van der Waals surface area contributed by atoms with Gasteiger partial charge in [0.25, 0.3) is 0 Å². The molecule has 1 N–H and O–H groups in total. The first-order valence-electron chi connectivity index (χ1n) is 8.53. The molecule has 0 bridgehead atoms. The van der Waals surface area contributed by atoms with Crippen molar-refractivity contribution in [3.63, 3.8) is 0 Å². The van der Waals surface area contributed by atoms with E-state index in [2.05, 4.69) is 43.3 Å². The number of hydrazone groups is 1. The van der Waals surface area contributed by atoms with E-state index in [4.69, 9.17) is 0 Å². The number of nitrogens with one attached hydrogen (secondary N) is 1. The molecule has 3 aliphatic rings. The van der Waals surface area contributed by atoms with E-state index < -0.39 is 0 Å². The van der Waals surface area contributed by atoms with Gasteiger partial charge in [-0.2, -0.15) is 5.10 Å². The zero-order valence-corrected chi connectivity index (χ0v) is 16.6. The molecule has 0 saturated heterocycles. The van der Waals surface area contributed by atoms with Gasteiger partial charge in [0.15, 0.2) is 16.5 Å². The topological polar surface area (TPSA) is 58.3 Å². The highest BCUT2D eigenvalue weighted by Crippen LogP contribution is 2.49. The van der Waals surface area contributed by atoms with Gasteiger partial charge < -0.3 is 0 Å². The van der Waals surface area contributed by atoms with Crippen LogP contribution in [0.5, 0.6) is 0 Å². The molecule has 1 aliphatic carbocycles. The van der Waals surface area contributed by atoms with E-state index in [1.165, 1.54) is 33.8 Å². The van der Waals surface area contributed by atoms with Crippen LogP contribution in [-0.2, 0) is 12.8 Å². The van der Waals surface area contributed by atoms with E-state index >= 15 is 0 Å². The molecule has 134 valence electrons. The summed E-state index contributed by atoms with van der Waals surface area (Å²) in [6.45, 7) is 7.65. The first kappa shape index (κ1) is 16.5. The minimum atomic E-state index is 0.0179. The summed E-state index contributed by atoms with van der Waals surface area (Å²) in [5, 5.41) is 16.7. The Morgan fingerprint density at radius 3 is 2.88 bits per heavy atom. The number of thiophene rings is 1. The number of hydrogen-bond acceptors (Lipinski definition) is 8. The summed E-state index contributed by atoms with van der Waals surface area (Å²) in [7, 11) is 0. The van der Waals surface area contributed by atoms with E-state index in [0.29, 0.717) is 0 Å². The number of aryl methyl sites for hydroxylation is 1. The molecule has 2 aromatic heterocycles. The Labute approximate surface area is 164 Å². The Morgan fingerprint density at radius 2 is 2.04 bits per heavy atom. The number of hydrogen-bond donors (Lipinski definition) is 1. The summed E-state index contributed by atoms with van der Waals surface area (Å²) in [5.74, 6) is 2.46. The number of anilines is 1. The summed E-state index contributed by atoms with van der Waals surface area (Å²) >= 11 is 5.22. The second-order valence-electron chi connectivity index (χ2n) is 6.19. The fourth-order valence-electron chi connectivity index (χ4n) is 3.65. The number of nitrogens with zero attached hydrogens (tertiary/aromatic N) is 5. The average molecular weight is 403 g/mol. The highest BCUT2D eigenvalue weighted by molar-refractivity contribution is 8.14. The first-order valence-corrected chi connectivity index (χ1v) is 11.3. The SMILES string of the molecule is C=CCSC1=NNC2c3c(sc4c3CCC4)-n3c(SCC=C)nnc3N12. The molecule has 0 radical (unpaired) electrons. The van der Waals surface area contributed by atoms with Crippen molar-refractivity contribution in [3.8, 4) is 5.00 Å². The van der Waals surface area contributed by atoms with Gasteiger partial charge in [-0.25, -0.2) is 4.57 Å². The highest BCUT2D eigenvalue weighted by Gasteiger charge is 2.44. The van der Waals surface area contributed by atoms with Gasteiger partial charge in [-0.15, -0.1) is 34.7 Å². The van der Waals surface area contributed by atoms with Gasteiger partial charge >= 0.3 is 0 Å². The quantitative estimate of drug-likeness (QED) is 0.608. The molecule has 1 unspecified atom stereocenters. The monoisotopic (exact) mass is 402 g/mol. The maximum Gasteiger partial charge on any atom is 0.241 e. The predicted octanol–water partition coefficient (Wildman–Crippen LogP) is 3.71. The van der Waals surface area contributed by atoms with Gasteiger partial charge in [-0.3, -0.25) is 10.3 Å². The Kier molecular flexibility index (Phi) is 4.10. The molecule has 5 rings (SSSR count). The van der Waals surface area contributed by atoms with Crippen molar-refractivity contribution in [3.05, 3.63) is 41.3 Å². The second-order valence-corrected chi connectivity index (χ2v) is 9.25. The molecule has 9 heteroatoms. The van der Waals surface area contributed by atoms with Crippen LogP contribution >= 0.6 is 34.9 Å². The summed E-state index contributed by atoms with van der Waals surface area (Å²) in [5.41, 5.74) is 6.20. The van der Waals surface area contributed by atoms with Crippen LogP contribution in [-0.4, -0.2) is 31.4 Å². The molecule has 4 heterocycles. The van der Waals surface area contributed by atoms with Crippen molar-refractivity contribution in [1.29, 1.82) is 0 Å². The van der Waals surface area contributed by atoms with Gasteiger partial charge in [0.2, 0.25) is 5.95 Å². The van der Waals surface area contributed by atoms with Crippen LogP contribution in [0.3, 0.4) is 0 Å². The number of thioether (sulfide) groups is 2. The maximum atomic E-state index is 4.60. The first-order chi connectivity index (χ1) is 12.8. The number of fused-ring (bicyclic) bond motifs is 8. The van der Waals surface area contributed by atoms with Crippen molar-refractivity contribution in [2.45, 2.75) is 30.6 Å². The van der Waals surface area contributed by atoms with Crippen molar-refractivity contribution >= 4 is 46.0 Å². The van der Waals surface area contributed by atoms with Gasteiger partial charge in [0.1, 0.15) is 5.00 Å². The highest BCUT2D eigenvalue weighted by atomic mass is 32.2. The molecule has 0 spiro atoms. The predicted molar refractivity (Wildman–Crippen MR) is 111 cm³/mol. The number of rotatable bonds is 5. The lowest BCUT2D eigenvalue weighted by Gasteiger charge is -2.31. The van der Waals surface area contributed by atoms with Crippen molar-refractivity contribution < 1.29 is 0 Å². The molecule has 0 saturated carbocycles. The third kappa shape index (κ3) is 2.30. The minimum Gasteiger partial charge on any atom is -0.280 e. The lowest BCUT2D eigenvalue weighted by atomic mass is 10.1. The van der Waals surface area contributed by atoms with E-state index in [0.717, 1.165) is 34.2 Å². The Bertz CT molecular complexity index is 927. The van der Waals surface area contributed by atoms with Crippen LogP contribution in [0.2, 0.25) is 0 Å². The summed E-state index contributed by atoms with van der Waals surface area (Å²) < 4.78 is 2.21. The summed E-state index contributed by atoms with van der Waals surface area (Å²) in [6, 6.07) is 0. The lowest BCUT2D eigenvalue weighted by molar-refractivity contribution is 0.584. The molecule has 2 aromatic rings. The zero-order valence-electron chi connectivity index (χ0n) is 14.1. The van der Waals surface area contributed by atoms with E-state index in [-0.39, 0.29) is 6.17 Å². The third-order valence-electron chi connectivity index (χ3n) is 4.66. The Morgan fingerprint density at radius 1 is 1.19 bits per heavy atom. The normalized spacial score (nSPS) is 19.3. The van der Waals surface area contributed by atoms with Crippen LogP contribution in [0.1, 0.15) is 28.6 Å². The molecule has 6 nitrogen and oxygen atoms in total. The van der Waals surface area contributed by atoms with Crippen LogP contribution in [0, 0.1) is 0 Å². The fraction of sp³-hybridized carbons (Fsp3) is 0.353. The molecule has 0 fully saturated rings. The molecular formula is C17H18N6S3. The van der Waals surface area contributed by atoms with Crippen molar-refractivity contribution in [2.24, 2.45) is 5.10 Å².